The van der Waals surface area contributed by atoms with Gasteiger partial charge in [-0.3, -0.25) is 4.99 Å². The Hall–Kier alpha value is -1.50. The van der Waals surface area contributed by atoms with E-state index in [0.717, 1.165) is 36.2 Å². The normalized spacial score (nSPS) is 16.2. The summed E-state index contributed by atoms with van der Waals surface area (Å²) in [4.78, 5) is 11.6. The molecule has 0 bridgehead atoms. The number of nitrogens with zero attached hydrogens (tertiary/aromatic N) is 4. The molecule has 1 aliphatic heterocycles. The number of guanidine groups is 1. The van der Waals surface area contributed by atoms with Gasteiger partial charge >= 0.3 is 0 Å². The molecule has 1 aliphatic rings. The smallest absolute Gasteiger partial charge is 0.193 e. The van der Waals surface area contributed by atoms with Gasteiger partial charge in [0.1, 0.15) is 12.4 Å². The second-order valence-corrected chi connectivity index (χ2v) is 7.62. The maximum absolute atomic E-state index is 5.89. The van der Waals surface area contributed by atoms with Gasteiger partial charge in [0.15, 0.2) is 5.96 Å². The van der Waals surface area contributed by atoms with E-state index in [9.17, 15) is 0 Å². The van der Waals surface area contributed by atoms with Gasteiger partial charge in [0.05, 0.1) is 6.54 Å². The van der Waals surface area contributed by atoms with Gasteiger partial charge in [0.25, 0.3) is 0 Å². The lowest BCUT2D eigenvalue weighted by atomic mass is 10.2. The molecule has 7 heteroatoms. The van der Waals surface area contributed by atoms with Crippen molar-refractivity contribution in [2.24, 2.45) is 4.99 Å². The Morgan fingerprint density at radius 3 is 2.46 bits per heavy atom. The van der Waals surface area contributed by atoms with Gasteiger partial charge in [0.2, 0.25) is 0 Å². The summed E-state index contributed by atoms with van der Waals surface area (Å²) in [6, 6.07) is 7.45. The molecule has 0 spiro atoms. The number of piperazine rings is 1. The van der Waals surface area contributed by atoms with Crippen molar-refractivity contribution in [3.05, 3.63) is 29.3 Å². The number of ether oxygens (including phenoxy) is 1. The molecule has 1 aromatic rings. The molecule has 0 saturated carbocycles. The van der Waals surface area contributed by atoms with Gasteiger partial charge in [-0.1, -0.05) is 18.5 Å². The average Bonchev–Trinajstić information content (AvgIpc) is 2.72. The first kappa shape index (κ1) is 22.8. The van der Waals surface area contributed by atoms with E-state index in [1.54, 1.807) is 0 Å². The number of nitrogens with one attached hydrogen (secondary N) is 1. The minimum atomic E-state index is 0.600. The van der Waals surface area contributed by atoms with E-state index in [1.165, 1.54) is 45.7 Å². The fourth-order valence-corrected chi connectivity index (χ4v) is 3.44. The van der Waals surface area contributed by atoms with Gasteiger partial charge in [0, 0.05) is 51.8 Å². The molecule has 0 aromatic heterocycles. The van der Waals surface area contributed by atoms with Gasteiger partial charge in [-0.15, -0.1) is 0 Å². The van der Waals surface area contributed by atoms with Gasteiger partial charge < -0.3 is 24.8 Å². The van der Waals surface area contributed by atoms with Gasteiger partial charge in [-0.05, 0) is 50.2 Å². The SMILES string of the molecule is CCN1CCN(CCCCNC(=NC)N(C)CCOc2ccc(Cl)cc2)CC1. The van der Waals surface area contributed by atoms with Crippen molar-refractivity contribution in [1.29, 1.82) is 0 Å². The van der Waals surface area contributed by atoms with Crippen LogP contribution in [-0.2, 0) is 0 Å². The van der Waals surface area contributed by atoms with Crippen LogP contribution in [0.5, 0.6) is 5.75 Å². The molecule has 6 nitrogen and oxygen atoms in total. The second kappa shape index (κ2) is 12.9. The number of hydrogen-bond donors (Lipinski definition) is 1. The fraction of sp³-hybridized carbons (Fsp3) is 0.667. The molecule has 0 atom stereocenters. The summed E-state index contributed by atoms with van der Waals surface area (Å²) >= 11 is 5.89. The quantitative estimate of drug-likeness (QED) is 0.365. The first-order valence-corrected chi connectivity index (χ1v) is 10.7. The number of hydrogen-bond acceptors (Lipinski definition) is 4. The van der Waals surface area contributed by atoms with Crippen LogP contribution in [0.15, 0.2) is 29.3 Å². The summed E-state index contributed by atoms with van der Waals surface area (Å²) in [5.74, 6) is 1.75. The van der Waals surface area contributed by atoms with Crippen molar-refractivity contribution in [2.45, 2.75) is 19.8 Å². The van der Waals surface area contributed by atoms with Crippen molar-refractivity contribution >= 4 is 17.6 Å². The molecule has 158 valence electrons. The Kier molecular flexibility index (Phi) is 10.5. The standard InChI is InChI=1S/C21H36ClN5O/c1-4-26-13-15-27(16-14-26)12-6-5-11-24-21(23-2)25(3)17-18-28-20-9-7-19(22)8-10-20/h7-10H,4-6,11-18H2,1-3H3,(H,23,24). The minimum absolute atomic E-state index is 0.600. The maximum Gasteiger partial charge on any atom is 0.193 e. The summed E-state index contributed by atoms with van der Waals surface area (Å²) in [5.41, 5.74) is 0. The highest BCUT2D eigenvalue weighted by Gasteiger charge is 2.14. The van der Waals surface area contributed by atoms with Gasteiger partial charge in [-0.2, -0.15) is 0 Å². The van der Waals surface area contributed by atoms with E-state index in [-0.39, 0.29) is 0 Å². The lowest BCUT2D eigenvalue weighted by Crippen LogP contribution is -2.46. The van der Waals surface area contributed by atoms with E-state index in [4.69, 9.17) is 16.3 Å². The third-order valence-electron chi connectivity index (χ3n) is 5.18. The lowest BCUT2D eigenvalue weighted by Gasteiger charge is -2.34. The van der Waals surface area contributed by atoms with Crippen LogP contribution in [0.2, 0.25) is 5.02 Å². The predicted octanol–water partition coefficient (Wildman–Crippen LogP) is 2.64. The number of likely N-dealkylation sites (N-methyl/N-ethyl adjacent to an activating group) is 2. The van der Waals surface area contributed by atoms with Crippen LogP contribution < -0.4 is 10.1 Å². The highest BCUT2D eigenvalue weighted by molar-refractivity contribution is 6.30. The average molecular weight is 410 g/mol. The summed E-state index contributed by atoms with van der Waals surface area (Å²) in [6.07, 6.45) is 2.38. The molecule has 1 saturated heterocycles. The van der Waals surface area contributed by atoms with Crippen LogP contribution in [0.3, 0.4) is 0 Å². The van der Waals surface area contributed by atoms with E-state index in [0.29, 0.717) is 6.61 Å². The molecule has 0 radical (unpaired) electrons. The number of unbranched alkanes of at least 4 members (excludes halogenated alkanes) is 1. The summed E-state index contributed by atoms with van der Waals surface area (Å²) in [6.45, 7) is 11.8. The van der Waals surface area contributed by atoms with E-state index >= 15 is 0 Å². The van der Waals surface area contributed by atoms with Crippen molar-refractivity contribution in [2.75, 3.05) is 73.1 Å². The van der Waals surface area contributed by atoms with Crippen LogP contribution in [0.25, 0.3) is 0 Å². The Bertz CT molecular complexity index is 573. The zero-order valence-electron chi connectivity index (χ0n) is 17.7. The molecule has 1 heterocycles. The molecule has 28 heavy (non-hydrogen) atoms. The van der Waals surface area contributed by atoms with Crippen molar-refractivity contribution in [1.82, 2.24) is 20.0 Å². The number of halogens is 1. The van der Waals surface area contributed by atoms with E-state index in [1.807, 2.05) is 38.4 Å². The van der Waals surface area contributed by atoms with Crippen molar-refractivity contribution in [3.8, 4) is 5.75 Å². The number of aliphatic imine (C=N–C) groups is 1. The number of rotatable bonds is 10. The van der Waals surface area contributed by atoms with Gasteiger partial charge in [-0.25, -0.2) is 0 Å². The van der Waals surface area contributed by atoms with Crippen molar-refractivity contribution in [3.63, 3.8) is 0 Å². The zero-order valence-corrected chi connectivity index (χ0v) is 18.4. The molecule has 2 rings (SSSR count). The monoisotopic (exact) mass is 409 g/mol. The highest BCUT2D eigenvalue weighted by atomic mass is 35.5. The first-order chi connectivity index (χ1) is 13.6. The van der Waals surface area contributed by atoms with Crippen LogP contribution in [0.4, 0.5) is 0 Å². The molecule has 0 amide bonds. The zero-order chi connectivity index (χ0) is 20.2. The van der Waals surface area contributed by atoms with Crippen LogP contribution in [0, 0.1) is 0 Å². The third kappa shape index (κ3) is 8.25. The highest BCUT2D eigenvalue weighted by Crippen LogP contribution is 2.15. The summed E-state index contributed by atoms with van der Waals surface area (Å²) in [5, 5.41) is 4.18. The Morgan fingerprint density at radius 1 is 1.14 bits per heavy atom. The van der Waals surface area contributed by atoms with Crippen molar-refractivity contribution < 1.29 is 4.74 Å². The first-order valence-electron chi connectivity index (χ1n) is 10.4. The van der Waals surface area contributed by atoms with Crippen LogP contribution in [0.1, 0.15) is 19.8 Å². The third-order valence-corrected chi connectivity index (χ3v) is 5.43. The molecule has 0 unspecified atom stereocenters. The predicted molar refractivity (Wildman–Crippen MR) is 119 cm³/mol. The molecular weight excluding hydrogens is 374 g/mol. The van der Waals surface area contributed by atoms with E-state index in [2.05, 4.69) is 31.9 Å². The summed E-state index contributed by atoms with van der Waals surface area (Å²) < 4.78 is 5.76. The maximum atomic E-state index is 5.89. The molecule has 1 fully saturated rings. The second-order valence-electron chi connectivity index (χ2n) is 7.18. The Balaban J connectivity index is 1.55. The number of benzene rings is 1. The molecular formula is C21H36ClN5O. The van der Waals surface area contributed by atoms with Crippen LogP contribution in [-0.4, -0.2) is 93.7 Å². The largest absolute Gasteiger partial charge is 0.492 e. The Labute approximate surface area is 175 Å². The van der Waals surface area contributed by atoms with E-state index < -0.39 is 0 Å². The molecule has 1 N–H and O–H groups in total. The lowest BCUT2D eigenvalue weighted by molar-refractivity contribution is 0.136. The topological polar surface area (TPSA) is 43.3 Å². The fourth-order valence-electron chi connectivity index (χ4n) is 3.31. The minimum Gasteiger partial charge on any atom is -0.492 e. The Morgan fingerprint density at radius 2 is 1.82 bits per heavy atom. The molecule has 0 aliphatic carbocycles. The summed E-state index contributed by atoms with van der Waals surface area (Å²) in [7, 11) is 3.86. The molecule has 1 aromatic carbocycles. The van der Waals surface area contributed by atoms with Crippen LogP contribution >= 0.6 is 11.6 Å².